The summed E-state index contributed by atoms with van der Waals surface area (Å²) in [6.07, 6.45) is 4.54. The van der Waals surface area contributed by atoms with Crippen molar-refractivity contribution in [3.8, 4) is 0 Å². The van der Waals surface area contributed by atoms with Crippen molar-refractivity contribution in [1.82, 2.24) is 15.1 Å². The van der Waals surface area contributed by atoms with Crippen molar-refractivity contribution in [3.63, 3.8) is 0 Å². The Morgan fingerprint density at radius 2 is 1.77 bits per heavy atom. The Morgan fingerprint density at radius 1 is 1.17 bits per heavy atom. The Labute approximate surface area is 181 Å². The Balaban J connectivity index is 2.97. The molecule has 0 unspecified atom stereocenters. The van der Waals surface area contributed by atoms with Crippen LogP contribution in [0, 0.1) is 17.8 Å². The molecule has 0 bridgehead atoms. The van der Waals surface area contributed by atoms with E-state index in [0.717, 1.165) is 25.8 Å². The zero-order valence-corrected chi connectivity index (χ0v) is 19.9. The van der Waals surface area contributed by atoms with Gasteiger partial charge < -0.3 is 15.3 Å². The Morgan fingerprint density at radius 3 is 2.20 bits per heavy atom. The van der Waals surface area contributed by atoms with Crippen LogP contribution < -0.4 is 5.32 Å². The molecule has 0 aromatic rings. The molecule has 0 aromatic carbocycles. The summed E-state index contributed by atoms with van der Waals surface area (Å²) in [7, 11) is 3.65. The van der Waals surface area contributed by atoms with E-state index in [1.54, 1.807) is 18.0 Å². The number of hydrogen-bond donors (Lipinski definition) is 2. The summed E-state index contributed by atoms with van der Waals surface area (Å²) in [6.45, 7) is 12.3. The van der Waals surface area contributed by atoms with E-state index in [4.69, 9.17) is 0 Å². The van der Waals surface area contributed by atoms with Crippen molar-refractivity contribution < 1.29 is 19.5 Å². The molecule has 0 spiro atoms. The molecule has 0 aromatic heterocycles. The van der Waals surface area contributed by atoms with Gasteiger partial charge in [0.05, 0.1) is 12.1 Å². The van der Waals surface area contributed by atoms with Crippen LogP contribution in [-0.4, -0.2) is 71.5 Å². The van der Waals surface area contributed by atoms with Gasteiger partial charge in [-0.1, -0.05) is 47.1 Å². The zero-order chi connectivity index (χ0) is 23.2. The molecular formula is C23H41N3O4. The quantitative estimate of drug-likeness (QED) is 0.557. The second kappa shape index (κ2) is 11.5. The van der Waals surface area contributed by atoms with Gasteiger partial charge in [-0.25, -0.2) is 4.79 Å². The lowest BCUT2D eigenvalue weighted by atomic mass is 9.90. The Hall–Kier alpha value is -1.89. The van der Waals surface area contributed by atoms with Crippen molar-refractivity contribution in [2.45, 2.75) is 78.9 Å². The van der Waals surface area contributed by atoms with Crippen LogP contribution in [0.3, 0.4) is 0 Å². The summed E-state index contributed by atoms with van der Waals surface area (Å²) < 4.78 is 0. The predicted molar refractivity (Wildman–Crippen MR) is 119 cm³/mol. The molecule has 30 heavy (non-hydrogen) atoms. The van der Waals surface area contributed by atoms with E-state index < -0.39 is 12.0 Å². The molecule has 1 saturated heterocycles. The summed E-state index contributed by atoms with van der Waals surface area (Å²) in [5, 5.41) is 12.2. The van der Waals surface area contributed by atoms with Crippen molar-refractivity contribution >= 4 is 17.8 Å². The highest BCUT2D eigenvalue weighted by atomic mass is 16.4. The maximum atomic E-state index is 13.3. The molecule has 1 aliphatic rings. The number of piperidine rings is 1. The first-order chi connectivity index (χ1) is 13.9. The second-order valence-corrected chi connectivity index (χ2v) is 9.38. The van der Waals surface area contributed by atoms with Crippen molar-refractivity contribution in [1.29, 1.82) is 0 Å². The molecule has 1 rings (SSSR count). The molecule has 172 valence electrons. The van der Waals surface area contributed by atoms with Gasteiger partial charge in [0, 0.05) is 19.2 Å². The van der Waals surface area contributed by atoms with Gasteiger partial charge in [0.25, 0.3) is 0 Å². The molecular weight excluding hydrogens is 382 g/mol. The first-order valence-electron chi connectivity index (χ1n) is 11.1. The van der Waals surface area contributed by atoms with Crippen LogP contribution in [0.4, 0.5) is 0 Å². The van der Waals surface area contributed by atoms with E-state index in [1.807, 2.05) is 34.7 Å². The molecule has 1 heterocycles. The van der Waals surface area contributed by atoms with Gasteiger partial charge >= 0.3 is 5.97 Å². The third kappa shape index (κ3) is 6.83. The van der Waals surface area contributed by atoms with Crippen LogP contribution >= 0.6 is 0 Å². The number of carboxylic acid groups (broad SMARTS) is 1. The molecule has 7 nitrogen and oxygen atoms in total. The summed E-state index contributed by atoms with van der Waals surface area (Å²) >= 11 is 0. The van der Waals surface area contributed by atoms with Crippen LogP contribution in [-0.2, 0) is 14.4 Å². The minimum atomic E-state index is -0.999. The van der Waals surface area contributed by atoms with Gasteiger partial charge in [-0.15, -0.1) is 0 Å². The van der Waals surface area contributed by atoms with E-state index in [0.29, 0.717) is 5.92 Å². The summed E-state index contributed by atoms with van der Waals surface area (Å²) in [6, 6.07) is -1.24. The highest BCUT2D eigenvalue weighted by Gasteiger charge is 2.35. The predicted octanol–water partition coefficient (Wildman–Crippen LogP) is 2.76. The molecule has 0 aliphatic carbocycles. The number of rotatable bonds is 9. The minimum Gasteiger partial charge on any atom is -0.478 e. The number of nitrogens with zero attached hydrogens (tertiary/aromatic N) is 2. The van der Waals surface area contributed by atoms with Crippen molar-refractivity contribution in [2.75, 3.05) is 20.6 Å². The zero-order valence-electron chi connectivity index (χ0n) is 19.9. The number of carboxylic acids is 1. The number of carbonyl (C=O) groups excluding carboxylic acids is 2. The number of hydrogen-bond acceptors (Lipinski definition) is 4. The SMILES string of the molecule is CC[C@H]1CC[C@@H](C(=O)N[C@H](C(=O)N(C)[C@H](C=C(C)C(=O)O)C(C)C)C(C)C)N(C)C1. The average molecular weight is 424 g/mol. The van der Waals surface area contributed by atoms with Gasteiger partial charge in [-0.2, -0.15) is 0 Å². The molecule has 0 saturated carbocycles. The number of carbonyl (C=O) groups is 3. The van der Waals surface area contributed by atoms with Crippen molar-refractivity contribution in [2.24, 2.45) is 17.8 Å². The number of aliphatic carboxylic acids is 1. The molecule has 1 aliphatic heterocycles. The van der Waals surface area contributed by atoms with Gasteiger partial charge in [-0.05, 0) is 44.6 Å². The third-order valence-corrected chi connectivity index (χ3v) is 6.27. The first-order valence-corrected chi connectivity index (χ1v) is 11.1. The Kier molecular flexibility index (Phi) is 10.0. The molecule has 4 atom stereocenters. The maximum absolute atomic E-state index is 13.3. The molecule has 2 amide bonds. The van der Waals surface area contributed by atoms with E-state index in [9.17, 15) is 19.5 Å². The summed E-state index contributed by atoms with van der Waals surface area (Å²) in [4.78, 5) is 41.2. The third-order valence-electron chi connectivity index (χ3n) is 6.27. The number of nitrogens with one attached hydrogen (secondary N) is 1. The van der Waals surface area contributed by atoms with Crippen LogP contribution in [0.2, 0.25) is 0 Å². The van der Waals surface area contributed by atoms with Crippen LogP contribution in [0.5, 0.6) is 0 Å². The minimum absolute atomic E-state index is 0.0345. The van der Waals surface area contributed by atoms with Gasteiger partial charge in [0.1, 0.15) is 6.04 Å². The smallest absolute Gasteiger partial charge is 0.331 e. The van der Waals surface area contributed by atoms with E-state index in [1.165, 1.54) is 6.92 Å². The topological polar surface area (TPSA) is 90.0 Å². The van der Waals surface area contributed by atoms with E-state index in [2.05, 4.69) is 17.1 Å². The fourth-order valence-corrected chi connectivity index (χ4v) is 4.11. The largest absolute Gasteiger partial charge is 0.478 e. The fraction of sp³-hybridized carbons (Fsp3) is 0.783. The summed E-state index contributed by atoms with van der Waals surface area (Å²) in [5.74, 6) is -0.738. The van der Waals surface area contributed by atoms with Gasteiger partial charge in [-0.3, -0.25) is 14.5 Å². The van der Waals surface area contributed by atoms with Crippen LogP contribution in [0.1, 0.15) is 60.8 Å². The number of likely N-dealkylation sites (tertiary alicyclic amines) is 1. The first kappa shape index (κ1) is 26.1. The maximum Gasteiger partial charge on any atom is 0.331 e. The van der Waals surface area contributed by atoms with Gasteiger partial charge in [0.2, 0.25) is 11.8 Å². The highest BCUT2D eigenvalue weighted by molar-refractivity contribution is 5.90. The standard InChI is InChI=1S/C23H41N3O4/c1-9-17-10-11-18(25(7)13-17)21(27)24-20(15(4)5)22(28)26(8)19(14(2)3)12-16(6)23(29)30/h12,14-15,17-20H,9-11,13H2,1-8H3,(H,24,27)(H,29,30)/t17-,18-,19+,20-/m0/s1. The molecule has 7 heteroatoms. The normalized spacial score (nSPS) is 22.7. The Bertz CT molecular complexity index is 644. The van der Waals surface area contributed by atoms with Crippen molar-refractivity contribution in [3.05, 3.63) is 11.6 Å². The monoisotopic (exact) mass is 423 g/mol. The lowest BCUT2D eigenvalue weighted by molar-refractivity contribution is -0.140. The summed E-state index contributed by atoms with van der Waals surface area (Å²) in [5.41, 5.74) is 0.202. The fourth-order valence-electron chi connectivity index (χ4n) is 4.11. The number of amides is 2. The molecule has 2 N–H and O–H groups in total. The average Bonchev–Trinajstić information content (AvgIpc) is 2.67. The molecule has 0 radical (unpaired) electrons. The van der Waals surface area contributed by atoms with E-state index in [-0.39, 0.29) is 41.3 Å². The van der Waals surface area contributed by atoms with E-state index >= 15 is 0 Å². The second-order valence-electron chi connectivity index (χ2n) is 9.38. The molecule has 1 fully saturated rings. The van der Waals surface area contributed by atoms with Crippen LogP contribution in [0.15, 0.2) is 11.6 Å². The van der Waals surface area contributed by atoms with Gasteiger partial charge in [0.15, 0.2) is 0 Å². The lowest BCUT2D eigenvalue weighted by Gasteiger charge is -2.38. The highest BCUT2D eigenvalue weighted by Crippen LogP contribution is 2.23. The van der Waals surface area contributed by atoms with Crippen LogP contribution in [0.25, 0.3) is 0 Å². The lowest BCUT2D eigenvalue weighted by Crippen LogP contribution is -2.58. The number of likely N-dealkylation sites (N-methyl/N-ethyl adjacent to an activating group) is 2.